The molecule has 0 amide bonds. The summed E-state index contributed by atoms with van der Waals surface area (Å²) in [4.78, 5) is 6.78. The van der Waals surface area contributed by atoms with Crippen molar-refractivity contribution < 1.29 is 32.0 Å². The number of hydrogen-bond donors (Lipinski definition) is 0. The van der Waals surface area contributed by atoms with Gasteiger partial charge in [-0.15, -0.1) is 0 Å². The molecule has 0 radical (unpaired) electrons. The molecule has 1 rings (SSSR count). The standard InChI is InChI=1S/C5H5N.2N3.H2N.2H2O.Pt/c1-2-4-6-5-3-1;2*1-3-2;;;;/h1-5H;;;3*1H2;/q;3*-1;;;. The van der Waals surface area contributed by atoms with E-state index >= 15 is 0 Å². The molecule has 1 aromatic rings. The normalized spacial score (nSPS) is 4.00. The molecule has 0 spiro atoms. The molecular formula is C5H11N8O2Pt-3. The Morgan fingerprint density at radius 3 is 1.06 bits per heavy atom. The molecule has 0 saturated heterocycles. The van der Waals surface area contributed by atoms with Crippen LogP contribution in [0.4, 0.5) is 0 Å². The van der Waals surface area contributed by atoms with Gasteiger partial charge in [-0.3, -0.25) is 14.8 Å². The first-order chi connectivity index (χ1) is 5.83. The molecule has 16 heavy (non-hydrogen) atoms. The second-order valence-corrected chi connectivity index (χ2v) is 1.20. The second-order valence-electron chi connectivity index (χ2n) is 1.20. The van der Waals surface area contributed by atoms with Crippen LogP contribution >= 0.6 is 0 Å². The molecule has 0 fully saturated rings. The first kappa shape index (κ1) is 36.7. The van der Waals surface area contributed by atoms with E-state index in [0.29, 0.717) is 0 Å². The first-order valence-electron chi connectivity index (χ1n) is 2.65. The topological polar surface area (TPSA) is 227 Å². The minimum atomic E-state index is 0. The van der Waals surface area contributed by atoms with Gasteiger partial charge >= 0.3 is 0 Å². The summed E-state index contributed by atoms with van der Waals surface area (Å²) >= 11 is 0. The number of aromatic nitrogens is 1. The van der Waals surface area contributed by atoms with E-state index in [0.717, 1.165) is 0 Å². The zero-order valence-corrected chi connectivity index (χ0v) is 10.2. The van der Waals surface area contributed by atoms with Crippen molar-refractivity contribution in [3.8, 4) is 0 Å². The molecule has 1 aromatic heterocycles. The molecule has 0 saturated carbocycles. The van der Waals surface area contributed by atoms with Crippen LogP contribution in [0.2, 0.25) is 0 Å². The molecule has 96 valence electrons. The molecule has 1 heterocycles. The predicted molar refractivity (Wildman–Crippen MR) is 56.9 cm³/mol. The fraction of sp³-hybridized carbons (Fsp3) is 0. The maximum Gasteiger partial charge on any atom is 0.0267 e. The Kier molecular flexibility index (Phi) is 116. The van der Waals surface area contributed by atoms with Crippen molar-refractivity contribution in [2.75, 3.05) is 0 Å². The van der Waals surface area contributed by atoms with Crippen LogP contribution in [0.25, 0.3) is 38.1 Å². The Labute approximate surface area is 106 Å². The van der Waals surface area contributed by atoms with Crippen LogP contribution in [0.1, 0.15) is 0 Å². The van der Waals surface area contributed by atoms with Gasteiger partial charge in [0.1, 0.15) is 0 Å². The Morgan fingerprint density at radius 1 is 0.750 bits per heavy atom. The zero-order valence-electron chi connectivity index (χ0n) is 7.91. The quantitative estimate of drug-likeness (QED) is 0.348. The van der Waals surface area contributed by atoms with Crippen molar-refractivity contribution in [1.29, 1.82) is 0 Å². The van der Waals surface area contributed by atoms with Crippen molar-refractivity contribution in [2.45, 2.75) is 0 Å². The number of pyridine rings is 1. The van der Waals surface area contributed by atoms with Crippen molar-refractivity contribution >= 4 is 0 Å². The van der Waals surface area contributed by atoms with Crippen molar-refractivity contribution in [2.24, 2.45) is 0 Å². The van der Waals surface area contributed by atoms with E-state index < -0.39 is 0 Å². The number of rotatable bonds is 0. The molecule has 10 nitrogen and oxygen atoms in total. The van der Waals surface area contributed by atoms with E-state index in [1.807, 2.05) is 18.2 Å². The van der Waals surface area contributed by atoms with Crippen molar-refractivity contribution in [3.05, 3.63) is 68.7 Å². The summed E-state index contributed by atoms with van der Waals surface area (Å²) < 4.78 is 0. The van der Waals surface area contributed by atoms with Crippen LogP contribution in [0.3, 0.4) is 0 Å². The summed E-state index contributed by atoms with van der Waals surface area (Å²) in [5.41, 5.74) is 27.0. The summed E-state index contributed by atoms with van der Waals surface area (Å²) in [5.74, 6) is 0. The summed E-state index contributed by atoms with van der Waals surface area (Å²) in [6.07, 6.45) is 3.50. The van der Waals surface area contributed by atoms with Crippen LogP contribution in [0.15, 0.2) is 30.6 Å². The molecule has 6 N–H and O–H groups in total. The van der Waals surface area contributed by atoms with Crippen molar-refractivity contribution in [3.63, 3.8) is 0 Å². The molecule has 0 aliphatic carbocycles. The van der Waals surface area contributed by atoms with Gasteiger partial charge in [0.2, 0.25) is 0 Å². The molecule has 0 aromatic carbocycles. The smallest absolute Gasteiger partial charge is 0.0267 e. The van der Waals surface area contributed by atoms with Gasteiger partial charge < -0.3 is 39.2 Å². The first-order valence-corrected chi connectivity index (χ1v) is 2.65. The van der Waals surface area contributed by atoms with E-state index in [1.165, 1.54) is 9.82 Å². The maximum atomic E-state index is 6.75. The summed E-state index contributed by atoms with van der Waals surface area (Å²) in [6.45, 7) is 0. The van der Waals surface area contributed by atoms with Crippen LogP contribution < -0.4 is 0 Å². The SMILES string of the molecule is O.O.[N-]=[N+]=[N-].[N-]=[N+]=[N-].[NH2-].[Pt].c1ccncc1. The Hall–Kier alpha value is -1.66. The van der Waals surface area contributed by atoms with E-state index in [2.05, 4.69) is 4.98 Å². The van der Waals surface area contributed by atoms with Gasteiger partial charge in [0.15, 0.2) is 0 Å². The maximum absolute atomic E-state index is 6.75. The van der Waals surface area contributed by atoms with E-state index in [9.17, 15) is 0 Å². The summed E-state index contributed by atoms with van der Waals surface area (Å²) in [7, 11) is 0. The molecular weight excluding hydrogens is 399 g/mol. The Morgan fingerprint density at radius 2 is 1.00 bits per heavy atom. The van der Waals surface area contributed by atoms with Gasteiger partial charge in [-0.1, -0.05) is 6.07 Å². The summed E-state index contributed by atoms with van der Waals surface area (Å²) in [5, 5.41) is 0. The molecule has 11 heteroatoms. The number of hydrogen-bond acceptors (Lipinski definition) is 1. The molecule has 0 aliphatic rings. The van der Waals surface area contributed by atoms with E-state index in [4.69, 9.17) is 22.1 Å². The van der Waals surface area contributed by atoms with Crippen molar-refractivity contribution in [1.82, 2.24) is 4.98 Å². The van der Waals surface area contributed by atoms with Crippen LogP contribution in [0, 0.1) is 0 Å². The fourth-order valence-electron chi connectivity index (χ4n) is 0.313. The van der Waals surface area contributed by atoms with Gasteiger partial charge in [0, 0.05) is 33.5 Å². The minimum absolute atomic E-state index is 0. The molecule has 0 bridgehead atoms. The molecule has 0 aliphatic heterocycles. The van der Waals surface area contributed by atoms with Crippen LogP contribution in [0.5, 0.6) is 0 Å². The number of nitrogens with two attached hydrogens (primary N) is 1. The van der Waals surface area contributed by atoms with Gasteiger partial charge in [-0.05, 0) is 12.1 Å². The third kappa shape index (κ3) is 84.3. The Balaban J connectivity index is -0.0000000227. The third-order valence-electron chi connectivity index (χ3n) is 0.566. The molecule has 0 unspecified atom stereocenters. The monoisotopic (exact) mass is 410 g/mol. The van der Waals surface area contributed by atoms with E-state index in [-0.39, 0.29) is 38.2 Å². The third-order valence-corrected chi connectivity index (χ3v) is 0.566. The fourth-order valence-corrected chi connectivity index (χ4v) is 0.313. The van der Waals surface area contributed by atoms with Gasteiger partial charge in [-0.25, -0.2) is 0 Å². The largest absolute Gasteiger partial charge is 0.693 e. The minimum Gasteiger partial charge on any atom is -0.693 e. The van der Waals surface area contributed by atoms with Gasteiger partial charge in [0.05, 0.1) is 0 Å². The average molecular weight is 410 g/mol. The van der Waals surface area contributed by atoms with Gasteiger partial charge in [-0.2, -0.15) is 0 Å². The zero-order chi connectivity index (χ0) is 9.66. The molecule has 0 atom stereocenters. The average Bonchev–Trinajstić information content (AvgIpc) is 2.10. The predicted octanol–water partition coefficient (Wildman–Crippen LogP) is 1.88. The van der Waals surface area contributed by atoms with Gasteiger partial charge in [0.25, 0.3) is 0 Å². The van der Waals surface area contributed by atoms with E-state index in [1.54, 1.807) is 12.4 Å². The Bertz CT molecular complexity index is 207. The summed E-state index contributed by atoms with van der Waals surface area (Å²) in [6, 6.07) is 5.72. The van der Waals surface area contributed by atoms with Crippen LogP contribution in [-0.2, 0) is 21.1 Å². The number of nitrogens with zero attached hydrogens (tertiary/aromatic N) is 7. The van der Waals surface area contributed by atoms with Crippen LogP contribution in [-0.4, -0.2) is 15.9 Å². The second kappa shape index (κ2) is 50.5.